The molecule has 0 spiro atoms. The van der Waals surface area contributed by atoms with Crippen molar-refractivity contribution in [2.24, 2.45) is 11.7 Å². The normalized spacial score (nSPS) is 19.1. The second-order valence-electron chi connectivity index (χ2n) is 3.88. The molecule has 0 radical (unpaired) electrons. The van der Waals surface area contributed by atoms with E-state index in [-0.39, 0.29) is 6.04 Å². The van der Waals surface area contributed by atoms with E-state index in [1.807, 2.05) is 18.2 Å². The SMILES string of the molecule is N[C@H](c1cc(Cl)ccc1Br)C1CCC1. The average molecular weight is 275 g/mol. The van der Waals surface area contributed by atoms with Crippen LogP contribution in [0, 0.1) is 5.92 Å². The zero-order valence-electron chi connectivity index (χ0n) is 7.84. The molecule has 1 aliphatic carbocycles. The maximum atomic E-state index is 6.18. The molecule has 14 heavy (non-hydrogen) atoms. The first-order chi connectivity index (χ1) is 6.68. The summed E-state index contributed by atoms with van der Waals surface area (Å²) in [6.45, 7) is 0. The van der Waals surface area contributed by atoms with E-state index in [1.165, 1.54) is 19.3 Å². The molecule has 3 heteroatoms. The lowest BCUT2D eigenvalue weighted by atomic mass is 9.78. The topological polar surface area (TPSA) is 26.0 Å². The highest BCUT2D eigenvalue weighted by Gasteiger charge is 2.26. The minimum absolute atomic E-state index is 0.136. The van der Waals surface area contributed by atoms with E-state index < -0.39 is 0 Å². The monoisotopic (exact) mass is 273 g/mol. The van der Waals surface area contributed by atoms with E-state index in [0.717, 1.165) is 15.1 Å². The molecule has 2 rings (SSSR count). The molecule has 0 amide bonds. The van der Waals surface area contributed by atoms with Gasteiger partial charge in [0.1, 0.15) is 0 Å². The van der Waals surface area contributed by atoms with Crippen LogP contribution in [0.3, 0.4) is 0 Å². The molecule has 0 unspecified atom stereocenters. The molecular weight excluding hydrogens is 261 g/mol. The van der Waals surface area contributed by atoms with Gasteiger partial charge >= 0.3 is 0 Å². The molecule has 76 valence electrons. The summed E-state index contributed by atoms with van der Waals surface area (Å²) in [5.74, 6) is 0.643. The highest BCUT2D eigenvalue weighted by Crippen LogP contribution is 2.39. The smallest absolute Gasteiger partial charge is 0.0410 e. The Morgan fingerprint density at radius 1 is 1.43 bits per heavy atom. The summed E-state index contributed by atoms with van der Waals surface area (Å²) in [6.07, 6.45) is 3.82. The summed E-state index contributed by atoms with van der Waals surface area (Å²) < 4.78 is 1.07. The van der Waals surface area contributed by atoms with Crippen LogP contribution in [0.5, 0.6) is 0 Å². The standard InChI is InChI=1S/C11H13BrClN/c12-10-5-4-8(13)6-9(10)11(14)7-2-1-3-7/h4-7,11H,1-3,14H2/t11-/m0/s1. The van der Waals surface area contributed by atoms with Gasteiger partial charge in [-0.2, -0.15) is 0 Å². The highest BCUT2D eigenvalue weighted by molar-refractivity contribution is 9.10. The number of rotatable bonds is 2. The van der Waals surface area contributed by atoms with Gasteiger partial charge in [-0.05, 0) is 42.5 Å². The third-order valence-electron chi connectivity index (χ3n) is 2.97. The van der Waals surface area contributed by atoms with Crippen LogP contribution < -0.4 is 5.73 Å². The minimum atomic E-state index is 0.136. The fourth-order valence-electron chi connectivity index (χ4n) is 1.82. The molecule has 1 aromatic rings. The van der Waals surface area contributed by atoms with Gasteiger partial charge < -0.3 is 5.73 Å². The second kappa shape index (κ2) is 4.21. The Morgan fingerprint density at radius 3 is 2.71 bits per heavy atom. The molecule has 0 aliphatic heterocycles. The van der Waals surface area contributed by atoms with E-state index in [2.05, 4.69) is 15.9 Å². The van der Waals surface area contributed by atoms with Gasteiger partial charge in [0.05, 0.1) is 0 Å². The summed E-state index contributed by atoms with van der Waals surface area (Å²) in [5.41, 5.74) is 7.32. The first-order valence-electron chi connectivity index (χ1n) is 4.89. The summed E-state index contributed by atoms with van der Waals surface area (Å²) in [7, 11) is 0. The lowest BCUT2D eigenvalue weighted by Gasteiger charge is -2.32. The maximum absolute atomic E-state index is 6.18. The van der Waals surface area contributed by atoms with Gasteiger partial charge in [-0.15, -0.1) is 0 Å². The largest absolute Gasteiger partial charge is 0.324 e. The Bertz CT molecular complexity index is 336. The maximum Gasteiger partial charge on any atom is 0.0410 e. The predicted octanol–water partition coefficient (Wildman–Crippen LogP) is 3.90. The molecule has 1 atom stereocenters. The molecule has 1 nitrogen and oxygen atoms in total. The highest BCUT2D eigenvalue weighted by atomic mass is 79.9. The Balaban J connectivity index is 2.24. The van der Waals surface area contributed by atoms with Crippen molar-refractivity contribution in [3.8, 4) is 0 Å². The predicted molar refractivity (Wildman–Crippen MR) is 63.4 cm³/mol. The first-order valence-corrected chi connectivity index (χ1v) is 6.06. The van der Waals surface area contributed by atoms with Crippen LogP contribution in [-0.2, 0) is 0 Å². The van der Waals surface area contributed by atoms with Crippen LogP contribution in [0.15, 0.2) is 22.7 Å². The molecule has 2 N–H and O–H groups in total. The van der Waals surface area contributed by atoms with Gasteiger partial charge in [-0.3, -0.25) is 0 Å². The Hall–Kier alpha value is -0.0500. The van der Waals surface area contributed by atoms with E-state index >= 15 is 0 Å². The second-order valence-corrected chi connectivity index (χ2v) is 5.17. The zero-order chi connectivity index (χ0) is 10.1. The third-order valence-corrected chi connectivity index (χ3v) is 3.93. The van der Waals surface area contributed by atoms with Crippen molar-refractivity contribution in [2.75, 3.05) is 0 Å². The first kappa shape index (κ1) is 10.5. The fraction of sp³-hybridized carbons (Fsp3) is 0.455. The molecular formula is C11H13BrClN. The summed E-state index contributed by atoms with van der Waals surface area (Å²) >= 11 is 9.46. The van der Waals surface area contributed by atoms with Crippen molar-refractivity contribution in [3.63, 3.8) is 0 Å². The summed E-state index contributed by atoms with van der Waals surface area (Å²) in [4.78, 5) is 0. The van der Waals surface area contributed by atoms with E-state index in [4.69, 9.17) is 17.3 Å². The van der Waals surface area contributed by atoms with Crippen molar-refractivity contribution in [3.05, 3.63) is 33.3 Å². The van der Waals surface area contributed by atoms with Crippen molar-refractivity contribution < 1.29 is 0 Å². The van der Waals surface area contributed by atoms with Gasteiger partial charge in [0, 0.05) is 15.5 Å². The fourth-order valence-corrected chi connectivity index (χ4v) is 2.51. The van der Waals surface area contributed by atoms with E-state index in [1.54, 1.807) is 0 Å². The quantitative estimate of drug-likeness (QED) is 0.869. The van der Waals surface area contributed by atoms with Gasteiger partial charge in [0.2, 0.25) is 0 Å². The number of hydrogen-bond donors (Lipinski definition) is 1. The lowest BCUT2D eigenvalue weighted by molar-refractivity contribution is 0.264. The Kier molecular flexibility index (Phi) is 3.15. The van der Waals surface area contributed by atoms with Crippen LogP contribution in [0.1, 0.15) is 30.9 Å². The van der Waals surface area contributed by atoms with Crippen molar-refractivity contribution in [1.82, 2.24) is 0 Å². The molecule has 0 aromatic heterocycles. The van der Waals surface area contributed by atoms with Gasteiger partial charge in [-0.25, -0.2) is 0 Å². The minimum Gasteiger partial charge on any atom is -0.324 e. The van der Waals surface area contributed by atoms with Crippen LogP contribution in [0.2, 0.25) is 5.02 Å². The van der Waals surface area contributed by atoms with Crippen molar-refractivity contribution in [1.29, 1.82) is 0 Å². The molecule has 0 bridgehead atoms. The molecule has 0 saturated heterocycles. The van der Waals surface area contributed by atoms with Crippen LogP contribution in [0.25, 0.3) is 0 Å². The molecule has 0 heterocycles. The molecule has 1 aliphatic rings. The van der Waals surface area contributed by atoms with Crippen LogP contribution in [-0.4, -0.2) is 0 Å². The van der Waals surface area contributed by atoms with Gasteiger partial charge in [0.25, 0.3) is 0 Å². The van der Waals surface area contributed by atoms with Crippen molar-refractivity contribution >= 4 is 27.5 Å². The Labute approximate surface area is 97.8 Å². The van der Waals surface area contributed by atoms with Gasteiger partial charge in [-0.1, -0.05) is 34.0 Å². The summed E-state index contributed by atoms with van der Waals surface area (Å²) in [5, 5.41) is 0.762. The van der Waals surface area contributed by atoms with E-state index in [9.17, 15) is 0 Å². The number of halogens is 2. The zero-order valence-corrected chi connectivity index (χ0v) is 10.2. The Morgan fingerprint density at radius 2 is 2.14 bits per heavy atom. The van der Waals surface area contributed by atoms with Gasteiger partial charge in [0.15, 0.2) is 0 Å². The lowest BCUT2D eigenvalue weighted by Crippen LogP contribution is -2.27. The molecule has 1 fully saturated rings. The van der Waals surface area contributed by atoms with E-state index in [0.29, 0.717) is 5.92 Å². The third kappa shape index (κ3) is 1.97. The van der Waals surface area contributed by atoms with Crippen LogP contribution >= 0.6 is 27.5 Å². The number of nitrogens with two attached hydrogens (primary N) is 1. The van der Waals surface area contributed by atoms with Crippen LogP contribution in [0.4, 0.5) is 0 Å². The molecule has 1 saturated carbocycles. The summed E-state index contributed by atoms with van der Waals surface area (Å²) in [6, 6.07) is 5.95. The van der Waals surface area contributed by atoms with Crippen molar-refractivity contribution in [2.45, 2.75) is 25.3 Å². The number of hydrogen-bond acceptors (Lipinski definition) is 1. The molecule has 1 aromatic carbocycles. The average Bonchev–Trinajstić information content (AvgIpc) is 2.06. The number of benzene rings is 1.